The maximum absolute atomic E-state index is 14.3. The predicted octanol–water partition coefficient (Wildman–Crippen LogP) is 4.85. The Bertz CT molecular complexity index is 766. The van der Waals surface area contributed by atoms with Crippen LogP contribution in [0.5, 0.6) is 0 Å². The summed E-state index contributed by atoms with van der Waals surface area (Å²) in [6.07, 6.45) is -0.246. The number of anilines is 2. The Morgan fingerprint density at radius 2 is 1.92 bits per heavy atom. The smallest absolute Gasteiger partial charge is 0.277 e. The second-order valence-corrected chi connectivity index (χ2v) is 6.38. The molecular formula is C17H17BrF2N2O2. The summed E-state index contributed by atoms with van der Waals surface area (Å²) in [7, 11) is 0. The lowest BCUT2D eigenvalue weighted by Crippen LogP contribution is -2.28. The molecule has 0 radical (unpaired) electrons. The van der Waals surface area contributed by atoms with Crippen LogP contribution in [-0.2, 0) is 4.84 Å². The fourth-order valence-corrected chi connectivity index (χ4v) is 2.47. The van der Waals surface area contributed by atoms with Gasteiger partial charge in [0.1, 0.15) is 0 Å². The first-order valence-electron chi connectivity index (χ1n) is 7.26. The molecule has 0 aliphatic heterocycles. The summed E-state index contributed by atoms with van der Waals surface area (Å²) in [6.45, 7) is 5.28. The van der Waals surface area contributed by atoms with Crippen LogP contribution in [0.25, 0.3) is 0 Å². The van der Waals surface area contributed by atoms with Crippen molar-refractivity contribution in [3.8, 4) is 0 Å². The number of benzene rings is 2. The Hall–Kier alpha value is -1.99. The molecule has 0 aliphatic carbocycles. The topological polar surface area (TPSA) is 50.4 Å². The van der Waals surface area contributed by atoms with E-state index < -0.39 is 17.5 Å². The van der Waals surface area contributed by atoms with E-state index in [-0.39, 0.29) is 17.4 Å². The number of carbonyl (C=O) groups excluding carboxylic acids is 1. The number of hydrogen-bond acceptors (Lipinski definition) is 3. The van der Waals surface area contributed by atoms with Crippen molar-refractivity contribution < 1.29 is 18.4 Å². The SMILES string of the molecule is Cc1cc(Br)ccc1Nc1c(C(=O)NOC(C)C)ccc(F)c1F. The van der Waals surface area contributed by atoms with Gasteiger partial charge in [0, 0.05) is 10.2 Å². The Morgan fingerprint density at radius 1 is 1.21 bits per heavy atom. The van der Waals surface area contributed by atoms with Gasteiger partial charge < -0.3 is 5.32 Å². The summed E-state index contributed by atoms with van der Waals surface area (Å²) in [4.78, 5) is 17.2. The Labute approximate surface area is 147 Å². The molecule has 4 nitrogen and oxygen atoms in total. The minimum absolute atomic E-state index is 0.0585. The molecule has 0 aliphatic rings. The van der Waals surface area contributed by atoms with E-state index in [9.17, 15) is 13.6 Å². The Kier molecular flexibility index (Phi) is 5.90. The standard InChI is InChI=1S/C17H17BrF2N2O2/c1-9(2)24-22-17(23)12-5-6-13(19)15(20)16(12)21-14-7-4-11(18)8-10(14)3/h4-9,21H,1-3H3,(H,22,23). The Balaban J connectivity index is 2.40. The van der Waals surface area contributed by atoms with Gasteiger partial charge in [0.15, 0.2) is 11.6 Å². The van der Waals surface area contributed by atoms with E-state index in [4.69, 9.17) is 4.84 Å². The molecule has 0 heterocycles. The minimum atomic E-state index is -1.13. The number of hydroxylamine groups is 1. The zero-order valence-corrected chi connectivity index (χ0v) is 15.0. The van der Waals surface area contributed by atoms with Gasteiger partial charge in [0.2, 0.25) is 0 Å². The van der Waals surface area contributed by atoms with Crippen LogP contribution in [-0.4, -0.2) is 12.0 Å². The monoisotopic (exact) mass is 398 g/mol. The zero-order chi connectivity index (χ0) is 17.9. The number of rotatable bonds is 5. The van der Waals surface area contributed by atoms with Gasteiger partial charge >= 0.3 is 0 Å². The summed E-state index contributed by atoms with van der Waals surface area (Å²) >= 11 is 3.34. The molecule has 1 amide bonds. The number of carbonyl (C=O) groups is 1. The molecule has 0 unspecified atom stereocenters. The van der Waals surface area contributed by atoms with Crippen LogP contribution in [0.15, 0.2) is 34.8 Å². The highest BCUT2D eigenvalue weighted by Gasteiger charge is 2.20. The second kappa shape index (κ2) is 7.72. The third kappa shape index (κ3) is 4.30. The molecule has 2 aromatic carbocycles. The van der Waals surface area contributed by atoms with Gasteiger partial charge in [-0.25, -0.2) is 14.3 Å². The van der Waals surface area contributed by atoms with Gasteiger partial charge in [0.05, 0.1) is 17.4 Å². The molecule has 128 valence electrons. The van der Waals surface area contributed by atoms with E-state index in [0.29, 0.717) is 5.69 Å². The van der Waals surface area contributed by atoms with Crippen molar-refractivity contribution in [1.29, 1.82) is 0 Å². The van der Waals surface area contributed by atoms with Crippen molar-refractivity contribution in [3.63, 3.8) is 0 Å². The van der Waals surface area contributed by atoms with Crippen LogP contribution in [0.4, 0.5) is 20.2 Å². The molecule has 2 N–H and O–H groups in total. The van der Waals surface area contributed by atoms with E-state index in [0.717, 1.165) is 16.1 Å². The van der Waals surface area contributed by atoms with E-state index in [1.165, 1.54) is 6.07 Å². The van der Waals surface area contributed by atoms with E-state index in [2.05, 4.69) is 26.7 Å². The first-order valence-corrected chi connectivity index (χ1v) is 8.06. The fraction of sp³-hybridized carbons (Fsp3) is 0.235. The summed E-state index contributed by atoms with van der Waals surface area (Å²) in [5, 5.41) is 2.79. The van der Waals surface area contributed by atoms with Crippen LogP contribution < -0.4 is 10.8 Å². The molecule has 0 spiro atoms. The molecule has 0 saturated heterocycles. The van der Waals surface area contributed by atoms with Crippen LogP contribution >= 0.6 is 15.9 Å². The van der Waals surface area contributed by atoms with Gasteiger partial charge in [-0.1, -0.05) is 15.9 Å². The molecule has 2 aromatic rings. The largest absolute Gasteiger partial charge is 0.352 e. The Morgan fingerprint density at radius 3 is 2.54 bits per heavy atom. The number of hydrogen-bond donors (Lipinski definition) is 2. The maximum Gasteiger partial charge on any atom is 0.277 e. The fourth-order valence-electron chi connectivity index (χ4n) is 1.99. The van der Waals surface area contributed by atoms with Crippen LogP contribution in [0, 0.1) is 18.6 Å². The third-order valence-electron chi connectivity index (χ3n) is 3.17. The lowest BCUT2D eigenvalue weighted by molar-refractivity contribution is 0.000222. The van der Waals surface area contributed by atoms with Crippen molar-refractivity contribution in [2.75, 3.05) is 5.32 Å². The van der Waals surface area contributed by atoms with Gasteiger partial charge in [-0.2, -0.15) is 0 Å². The number of aryl methyl sites for hydroxylation is 1. The average Bonchev–Trinajstić information content (AvgIpc) is 2.52. The summed E-state index contributed by atoms with van der Waals surface area (Å²) in [6, 6.07) is 7.39. The molecule has 0 aromatic heterocycles. The number of nitrogens with one attached hydrogen (secondary N) is 2. The normalized spacial score (nSPS) is 10.8. The molecule has 24 heavy (non-hydrogen) atoms. The highest BCUT2D eigenvalue weighted by atomic mass is 79.9. The second-order valence-electron chi connectivity index (χ2n) is 5.47. The molecule has 0 bridgehead atoms. The van der Waals surface area contributed by atoms with Crippen molar-refractivity contribution in [2.45, 2.75) is 26.9 Å². The van der Waals surface area contributed by atoms with Gasteiger partial charge in [0.25, 0.3) is 5.91 Å². The van der Waals surface area contributed by atoms with E-state index in [1.807, 2.05) is 13.0 Å². The molecule has 0 atom stereocenters. The minimum Gasteiger partial charge on any atom is -0.352 e. The van der Waals surface area contributed by atoms with Crippen molar-refractivity contribution in [3.05, 3.63) is 57.6 Å². The van der Waals surface area contributed by atoms with Crippen LogP contribution in [0.3, 0.4) is 0 Å². The highest BCUT2D eigenvalue weighted by molar-refractivity contribution is 9.10. The quantitative estimate of drug-likeness (QED) is 0.707. The molecular weight excluding hydrogens is 382 g/mol. The first kappa shape index (κ1) is 18.4. The molecule has 2 rings (SSSR count). The molecule has 0 saturated carbocycles. The van der Waals surface area contributed by atoms with Gasteiger partial charge in [-0.15, -0.1) is 0 Å². The average molecular weight is 399 g/mol. The molecule has 7 heteroatoms. The maximum atomic E-state index is 14.3. The van der Waals surface area contributed by atoms with Crippen LogP contribution in [0.2, 0.25) is 0 Å². The third-order valence-corrected chi connectivity index (χ3v) is 3.67. The molecule has 0 fully saturated rings. The van der Waals surface area contributed by atoms with Crippen molar-refractivity contribution in [2.24, 2.45) is 0 Å². The first-order chi connectivity index (χ1) is 11.3. The van der Waals surface area contributed by atoms with E-state index >= 15 is 0 Å². The number of amides is 1. The van der Waals surface area contributed by atoms with Crippen molar-refractivity contribution >= 4 is 33.2 Å². The number of halogens is 3. The summed E-state index contributed by atoms with van der Waals surface area (Å²) in [5.74, 6) is -2.84. The lowest BCUT2D eigenvalue weighted by atomic mass is 10.1. The predicted molar refractivity (Wildman–Crippen MR) is 92.2 cm³/mol. The van der Waals surface area contributed by atoms with Gasteiger partial charge in [-0.05, 0) is 56.7 Å². The summed E-state index contributed by atoms with van der Waals surface area (Å²) < 4.78 is 28.7. The lowest BCUT2D eigenvalue weighted by Gasteiger charge is -2.16. The van der Waals surface area contributed by atoms with Crippen molar-refractivity contribution in [1.82, 2.24) is 5.48 Å². The van der Waals surface area contributed by atoms with E-state index in [1.54, 1.807) is 26.0 Å². The highest BCUT2D eigenvalue weighted by Crippen LogP contribution is 2.29. The summed E-state index contributed by atoms with van der Waals surface area (Å²) in [5.41, 5.74) is 3.28. The van der Waals surface area contributed by atoms with Gasteiger partial charge in [-0.3, -0.25) is 9.63 Å². The van der Waals surface area contributed by atoms with Crippen LogP contribution in [0.1, 0.15) is 29.8 Å². The zero-order valence-electron chi connectivity index (χ0n) is 13.4.